The molecule has 0 aliphatic carbocycles. The summed E-state index contributed by atoms with van der Waals surface area (Å²) in [6.07, 6.45) is 1.63. The fourth-order valence-electron chi connectivity index (χ4n) is 1.50. The Labute approximate surface area is 104 Å². The van der Waals surface area contributed by atoms with E-state index in [4.69, 9.17) is 9.84 Å². The number of nitrogens with zero attached hydrogens (tertiary/aromatic N) is 2. The third-order valence-corrected chi connectivity index (χ3v) is 2.41. The molecular formula is C13H12N2O3. The molecule has 5 heteroatoms. The minimum absolute atomic E-state index is 0.232. The number of carbonyl (C=O) groups is 1. The third kappa shape index (κ3) is 2.63. The predicted molar refractivity (Wildman–Crippen MR) is 65.0 cm³/mol. The molecule has 2 aromatic rings. The third-order valence-electron chi connectivity index (χ3n) is 2.41. The molecule has 1 aromatic carbocycles. The monoisotopic (exact) mass is 244 g/mol. The first-order valence-electron chi connectivity index (χ1n) is 5.37. The molecule has 1 N–H and O–H groups in total. The van der Waals surface area contributed by atoms with Crippen LogP contribution >= 0.6 is 0 Å². The average Bonchev–Trinajstić information content (AvgIpc) is 2.31. The first-order chi connectivity index (χ1) is 8.56. The molecule has 0 aliphatic heterocycles. The maximum atomic E-state index is 10.8. The zero-order chi connectivity index (χ0) is 13.1. The molecule has 0 saturated carbocycles. The van der Waals surface area contributed by atoms with Gasteiger partial charge in [0.2, 0.25) is 5.88 Å². The van der Waals surface area contributed by atoms with Crippen molar-refractivity contribution in [1.29, 1.82) is 0 Å². The Morgan fingerprint density at radius 2 is 2.06 bits per heavy atom. The van der Waals surface area contributed by atoms with Crippen molar-refractivity contribution in [2.45, 2.75) is 13.8 Å². The molecule has 2 rings (SSSR count). The van der Waals surface area contributed by atoms with Crippen molar-refractivity contribution in [2.24, 2.45) is 0 Å². The van der Waals surface area contributed by atoms with Crippen LogP contribution in [0.3, 0.4) is 0 Å². The summed E-state index contributed by atoms with van der Waals surface area (Å²) in [5.41, 5.74) is 1.91. The molecule has 92 valence electrons. The van der Waals surface area contributed by atoms with E-state index < -0.39 is 5.97 Å². The second-order valence-corrected chi connectivity index (χ2v) is 3.96. The lowest BCUT2D eigenvalue weighted by molar-refractivity contribution is 0.0697. The average molecular weight is 244 g/mol. The normalized spacial score (nSPS) is 10.1. The number of rotatable bonds is 3. The summed E-state index contributed by atoms with van der Waals surface area (Å²) < 4.78 is 5.56. The molecule has 0 aliphatic rings. The Morgan fingerprint density at radius 3 is 2.67 bits per heavy atom. The second-order valence-electron chi connectivity index (χ2n) is 3.96. The van der Waals surface area contributed by atoms with Crippen molar-refractivity contribution in [3.05, 3.63) is 47.2 Å². The highest BCUT2D eigenvalue weighted by atomic mass is 16.5. The van der Waals surface area contributed by atoms with Gasteiger partial charge in [0.25, 0.3) is 0 Å². The lowest BCUT2D eigenvalue weighted by atomic mass is 10.1. The molecule has 0 fully saturated rings. The quantitative estimate of drug-likeness (QED) is 0.898. The number of aromatic carboxylic acids is 1. The van der Waals surface area contributed by atoms with Crippen molar-refractivity contribution in [1.82, 2.24) is 10.2 Å². The SMILES string of the molecule is Cc1cnnc(Oc2ccc(C(=O)O)cc2C)c1. The summed E-state index contributed by atoms with van der Waals surface area (Å²) in [6.45, 7) is 3.67. The lowest BCUT2D eigenvalue weighted by Gasteiger charge is -2.08. The standard InChI is InChI=1S/C13H12N2O3/c1-8-5-12(15-14-7-8)18-11-4-3-10(13(16)17)6-9(11)2/h3-7H,1-2H3,(H,16,17). The van der Waals surface area contributed by atoms with Gasteiger partial charge in [-0.2, -0.15) is 5.10 Å². The van der Waals surface area contributed by atoms with E-state index >= 15 is 0 Å². The van der Waals surface area contributed by atoms with Gasteiger partial charge in [-0.25, -0.2) is 4.79 Å². The first-order valence-corrected chi connectivity index (χ1v) is 5.37. The fourth-order valence-corrected chi connectivity index (χ4v) is 1.50. The maximum Gasteiger partial charge on any atom is 0.335 e. The van der Waals surface area contributed by atoms with E-state index in [0.29, 0.717) is 11.6 Å². The molecular weight excluding hydrogens is 232 g/mol. The number of carboxylic acids is 1. The number of ether oxygens (including phenoxy) is 1. The minimum Gasteiger partial charge on any atom is -0.478 e. The van der Waals surface area contributed by atoms with Crippen LogP contribution < -0.4 is 4.74 Å². The van der Waals surface area contributed by atoms with Gasteiger partial charge in [-0.15, -0.1) is 5.10 Å². The summed E-state index contributed by atoms with van der Waals surface area (Å²) in [6, 6.07) is 6.43. The van der Waals surface area contributed by atoms with Crippen molar-refractivity contribution in [2.75, 3.05) is 0 Å². The highest BCUT2D eigenvalue weighted by Gasteiger charge is 2.08. The topological polar surface area (TPSA) is 72.3 Å². The zero-order valence-electron chi connectivity index (χ0n) is 10.0. The number of hydrogen-bond donors (Lipinski definition) is 1. The zero-order valence-corrected chi connectivity index (χ0v) is 10.0. The molecule has 18 heavy (non-hydrogen) atoms. The van der Waals surface area contributed by atoms with Gasteiger partial charge in [0.05, 0.1) is 11.8 Å². The van der Waals surface area contributed by atoms with Crippen LogP contribution in [0.15, 0.2) is 30.5 Å². The van der Waals surface area contributed by atoms with Gasteiger partial charge in [-0.05, 0) is 43.2 Å². The largest absolute Gasteiger partial charge is 0.478 e. The van der Waals surface area contributed by atoms with Gasteiger partial charge in [-0.1, -0.05) is 0 Å². The van der Waals surface area contributed by atoms with Crippen LogP contribution in [0.1, 0.15) is 21.5 Å². The van der Waals surface area contributed by atoms with Crippen molar-refractivity contribution >= 4 is 5.97 Å². The predicted octanol–water partition coefficient (Wildman–Crippen LogP) is 2.58. The summed E-state index contributed by atoms with van der Waals surface area (Å²) in [4.78, 5) is 10.8. The van der Waals surface area contributed by atoms with E-state index in [1.165, 1.54) is 6.07 Å². The molecule has 0 atom stereocenters. The molecule has 0 unspecified atom stereocenters. The van der Waals surface area contributed by atoms with Gasteiger partial charge in [0.1, 0.15) is 5.75 Å². The van der Waals surface area contributed by atoms with E-state index in [9.17, 15) is 4.79 Å². The summed E-state index contributed by atoms with van der Waals surface area (Å²) >= 11 is 0. The van der Waals surface area contributed by atoms with E-state index in [0.717, 1.165) is 11.1 Å². The van der Waals surface area contributed by atoms with Crippen LogP contribution in [0.2, 0.25) is 0 Å². The Hall–Kier alpha value is -2.43. The van der Waals surface area contributed by atoms with E-state index in [1.807, 2.05) is 6.92 Å². The Bertz CT molecular complexity index is 597. The number of aromatic nitrogens is 2. The van der Waals surface area contributed by atoms with Gasteiger partial charge in [0, 0.05) is 6.07 Å². The van der Waals surface area contributed by atoms with Gasteiger partial charge >= 0.3 is 5.97 Å². The van der Waals surface area contributed by atoms with Crippen LogP contribution in [0, 0.1) is 13.8 Å². The number of carboxylic acid groups (broad SMARTS) is 1. The second kappa shape index (κ2) is 4.83. The van der Waals surface area contributed by atoms with Crippen LogP contribution in [-0.2, 0) is 0 Å². The number of benzene rings is 1. The van der Waals surface area contributed by atoms with Gasteiger partial charge < -0.3 is 9.84 Å². The van der Waals surface area contributed by atoms with Crippen LogP contribution in [-0.4, -0.2) is 21.3 Å². The van der Waals surface area contributed by atoms with Gasteiger partial charge in [0.15, 0.2) is 0 Å². The Balaban J connectivity index is 2.27. The minimum atomic E-state index is -0.958. The molecule has 1 aromatic heterocycles. The first kappa shape index (κ1) is 12.0. The van der Waals surface area contributed by atoms with Crippen molar-refractivity contribution < 1.29 is 14.6 Å². The number of aryl methyl sites for hydroxylation is 2. The summed E-state index contributed by atoms with van der Waals surface area (Å²) in [5, 5.41) is 16.5. The molecule has 0 saturated heterocycles. The smallest absolute Gasteiger partial charge is 0.335 e. The molecule has 0 spiro atoms. The van der Waals surface area contributed by atoms with Crippen molar-refractivity contribution in [3.8, 4) is 11.6 Å². The lowest BCUT2D eigenvalue weighted by Crippen LogP contribution is -1.98. The van der Waals surface area contributed by atoms with Gasteiger partial charge in [-0.3, -0.25) is 0 Å². The molecule has 1 heterocycles. The highest BCUT2D eigenvalue weighted by molar-refractivity contribution is 5.88. The van der Waals surface area contributed by atoms with E-state index in [-0.39, 0.29) is 5.56 Å². The van der Waals surface area contributed by atoms with E-state index in [1.54, 1.807) is 31.3 Å². The fraction of sp³-hybridized carbons (Fsp3) is 0.154. The van der Waals surface area contributed by atoms with Crippen LogP contribution in [0.5, 0.6) is 11.6 Å². The van der Waals surface area contributed by atoms with Crippen LogP contribution in [0.25, 0.3) is 0 Å². The summed E-state index contributed by atoms with van der Waals surface area (Å²) in [7, 11) is 0. The Morgan fingerprint density at radius 1 is 1.28 bits per heavy atom. The molecule has 5 nitrogen and oxygen atoms in total. The number of hydrogen-bond acceptors (Lipinski definition) is 4. The van der Waals surface area contributed by atoms with E-state index in [2.05, 4.69) is 10.2 Å². The molecule has 0 amide bonds. The summed E-state index contributed by atoms with van der Waals surface area (Å²) in [5.74, 6) is 0.000993. The highest BCUT2D eigenvalue weighted by Crippen LogP contribution is 2.24. The van der Waals surface area contributed by atoms with Crippen LogP contribution in [0.4, 0.5) is 0 Å². The maximum absolute atomic E-state index is 10.8. The Kier molecular flexibility index (Phi) is 3.23. The van der Waals surface area contributed by atoms with Crippen molar-refractivity contribution in [3.63, 3.8) is 0 Å². The molecule has 0 bridgehead atoms. The molecule has 0 radical (unpaired) electrons.